The molecule has 0 aliphatic rings. The van der Waals surface area contributed by atoms with E-state index in [2.05, 4.69) is 47.2 Å². The summed E-state index contributed by atoms with van der Waals surface area (Å²) in [5.74, 6) is -5.54. The van der Waals surface area contributed by atoms with Crippen LogP contribution in [0.4, 0.5) is 0 Å². The molecule has 20 nitrogen and oxygen atoms in total. The lowest BCUT2D eigenvalue weighted by Gasteiger charge is -2.25. The Kier molecular flexibility index (Phi) is 19.7. The molecule has 0 bridgehead atoms. The average molecular weight is 847 g/mol. The van der Waals surface area contributed by atoms with Gasteiger partial charge in [-0.3, -0.25) is 43.3 Å². The van der Waals surface area contributed by atoms with Crippen molar-refractivity contribution in [2.75, 3.05) is 19.6 Å². The van der Waals surface area contributed by atoms with Crippen molar-refractivity contribution in [2.45, 2.75) is 95.9 Å². The topological polar surface area (TPSA) is 327 Å². The second-order valence-electron chi connectivity index (χ2n) is 14.5. The van der Waals surface area contributed by atoms with Crippen LogP contribution in [0.5, 0.6) is 0 Å². The summed E-state index contributed by atoms with van der Waals surface area (Å²) in [7, 11) is 0. The summed E-state index contributed by atoms with van der Waals surface area (Å²) in [6.45, 7) is 3.71. The molecule has 0 spiro atoms. The first-order valence-electron chi connectivity index (χ1n) is 20.0. The third-order valence-electron chi connectivity index (χ3n) is 9.43. The molecule has 61 heavy (non-hydrogen) atoms. The molecule has 2 aromatic carbocycles. The van der Waals surface area contributed by atoms with E-state index in [1.54, 1.807) is 36.5 Å². The second-order valence-corrected chi connectivity index (χ2v) is 14.5. The largest absolute Gasteiger partial charge is 0.370 e. The van der Waals surface area contributed by atoms with E-state index in [1.165, 1.54) is 13.8 Å². The third kappa shape index (κ3) is 17.0. The summed E-state index contributed by atoms with van der Waals surface area (Å²) in [6, 6.07) is 10.6. The minimum absolute atomic E-state index is 0.00318. The maximum atomic E-state index is 13.9. The first-order valence-corrected chi connectivity index (χ1v) is 20.0. The van der Waals surface area contributed by atoms with Crippen molar-refractivity contribution in [1.82, 2.24) is 42.2 Å². The minimum Gasteiger partial charge on any atom is -0.370 e. The van der Waals surface area contributed by atoms with E-state index in [1.807, 2.05) is 31.2 Å². The molecule has 2 unspecified atom stereocenters. The number of carbonyl (C=O) groups is 8. The first kappa shape index (κ1) is 48.4. The highest BCUT2D eigenvalue weighted by Gasteiger charge is 2.30. The fourth-order valence-electron chi connectivity index (χ4n) is 6.22. The Morgan fingerprint density at radius 1 is 0.656 bits per heavy atom. The molecule has 14 N–H and O–H groups in total. The number of aliphatic imine (C=N–C) groups is 1. The van der Waals surface area contributed by atoms with Crippen LogP contribution in [0.2, 0.25) is 0 Å². The molecule has 3 rings (SSSR count). The van der Waals surface area contributed by atoms with Crippen molar-refractivity contribution in [1.29, 1.82) is 0 Å². The number of amides is 8. The molecule has 8 amide bonds. The van der Waals surface area contributed by atoms with Gasteiger partial charge >= 0.3 is 0 Å². The summed E-state index contributed by atoms with van der Waals surface area (Å²) in [5.41, 5.74) is 18.8. The van der Waals surface area contributed by atoms with Gasteiger partial charge in [-0.05, 0) is 43.4 Å². The number of H-pyrrole nitrogens is 1. The number of para-hydroxylation sites is 1. The van der Waals surface area contributed by atoms with Crippen LogP contribution in [-0.2, 0) is 51.2 Å². The molecule has 1 heterocycles. The number of aromatic amines is 1. The molecule has 0 fully saturated rings. The zero-order valence-electron chi connectivity index (χ0n) is 34.7. The number of benzene rings is 2. The van der Waals surface area contributed by atoms with E-state index >= 15 is 0 Å². The number of nitrogens with one attached hydrogen (secondary N) is 8. The van der Waals surface area contributed by atoms with Crippen molar-refractivity contribution < 1.29 is 38.4 Å². The van der Waals surface area contributed by atoms with Gasteiger partial charge in [-0.2, -0.15) is 0 Å². The number of aromatic nitrogens is 1. The van der Waals surface area contributed by atoms with Gasteiger partial charge in [-0.1, -0.05) is 68.3 Å². The number of fused-ring (bicyclic) bond motifs is 1. The molecule has 0 radical (unpaired) electrons. The summed E-state index contributed by atoms with van der Waals surface area (Å²) < 4.78 is 0. The predicted molar refractivity (Wildman–Crippen MR) is 228 cm³/mol. The monoisotopic (exact) mass is 846 g/mol. The highest BCUT2D eigenvalue weighted by molar-refractivity contribution is 5.96. The van der Waals surface area contributed by atoms with Crippen LogP contribution in [0.1, 0.15) is 64.0 Å². The molecule has 5 atom stereocenters. The predicted octanol–water partition coefficient (Wildman–Crippen LogP) is -1.62. The Hall–Kier alpha value is -6.99. The molecule has 0 aliphatic carbocycles. The molecule has 20 heteroatoms. The number of primary amides is 1. The van der Waals surface area contributed by atoms with Crippen LogP contribution >= 0.6 is 0 Å². The maximum Gasteiger partial charge on any atom is 0.243 e. The first-order chi connectivity index (χ1) is 29.1. The number of nitrogens with two attached hydrogens (primary N) is 3. The highest BCUT2D eigenvalue weighted by atomic mass is 16.2. The van der Waals surface area contributed by atoms with Gasteiger partial charge in [0, 0.05) is 43.4 Å². The Morgan fingerprint density at radius 2 is 1.28 bits per heavy atom. The van der Waals surface area contributed by atoms with Gasteiger partial charge in [0.2, 0.25) is 47.3 Å². The van der Waals surface area contributed by atoms with Crippen molar-refractivity contribution in [3.05, 3.63) is 71.9 Å². The zero-order valence-corrected chi connectivity index (χ0v) is 34.7. The number of hydrogen-bond donors (Lipinski definition) is 11. The molecule has 0 saturated heterocycles. The molecule has 0 aliphatic heterocycles. The van der Waals surface area contributed by atoms with Crippen LogP contribution in [0.3, 0.4) is 0 Å². The fourth-order valence-corrected chi connectivity index (χ4v) is 6.22. The lowest BCUT2D eigenvalue weighted by Crippen LogP contribution is -2.58. The quantitative estimate of drug-likeness (QED) is 0.0263. The van der Waals surface area contributed by atoms with E-state index in [0.717, 1.165) is 22.9 Å². The molecule has 3 aromatic rings. The highest BCUT2D eigenvalue weighted by Crippen LogP contribution is 2.19. The van der Waals surface area contributed by atoms with E-state index in [4.69, 9.17) is 17.2 Å². The van der Waals surface area contributed by atoms with Gasteiger partial charge in [0.05, 0.1) is 13.1 Å². The van der Waals surface area contributed by atoms with Crippen LogP contribution in [0.15, 0.2) is 65.8 Å². The van der Waals surface area contributed by atoms with Gasteiger partial charge in [0.15, 0.2) is 5.96 Å². The van der Waals surface area contributed by atoms with Crippen molar-refractivity contribution in [3.63, 3.8) is 0 Å². The standard InChI is InChI=1S/C41H58N12O8/c1-4-5-15-30(50-25(3)54)38(59)48-22-34(55)47-23-35(56)51-33(19-26-12-7-6-8-13-26)40(61)52-31(17-11-18-45-41(43)44)39(60)49-24(2)37(58)53-32(36(42)57)20-27-21-46-29-16-10-9-14-28(27)29/h6-10,12-14,16,21,24,30-33,46H,4-5,11,15,17-20,22-23H2,1-3H3,(H2,42,57)(H,47,55)(H,48,59)(H,49,60)(H,50,54)(H,51,56)(H,52,61)(H,53,58)(H4,43,44,45)/t24?,30-,31-,32-,33?/m0/s1. The van der Waals surface area contributed by atoms with Crippen molar-refractivity contribution in [2.24, 2.45) is 22.2 Å². The Bertz CT molecular complexity index is 2020. The summed E-state index contributed by atoms with van der Waals surface area (Å²) in [6.07, 6.45) is 3.90. The number of guanidine groups is 1. The van der Waals surface area contributed by atoms with Crippen LogP contribution < -0.4 is 54.4 Å². The van der Waals surface area contributed by atoms with Crippen molar-refractivity contribution in [3.8, 4) is 0 Å². The van der Waals surface area contributed by atoms with Gasteiger partial charge in [-0.25, -0.2) is 0 Å². The average Bonchev–Trinajstić information content (AvgIpc) is 3.63. The number of rotatable bonds is 25. The molecular formula is C41H58N12O8. The summed E-state index contributed by atoms with van der Waals surface area (Å²) in [4.78, 5) is 110. The smallest absolute Gasteiger partial charge is 0.243 e. The van der Waals surface area contributed by atoms with E-state index in [-0.39, 0.29) is 38.2 Å². The number of carbonyl (C=O) groups excluding carboxylic acids is 8. The van der Waals surface area contributed by atoms with Crippen LogP contribution in [-0.4, -0.2) is 108 Å². The van der Waals surface area contributed by atoms with Gasteiger partial charge in [0.1, 0.15) is 30.2 Å². The molecule has 0 saturated carbocycles. The number of hydrogen-bond acceptors (Lipinski definition) is 9. The maximum absolute atomic E-state index is 13.9. The zero-order chi connectivity index (χ0) is 44.9. The summed E-state index contributed by atoms with van der Waals surface area (Å²) >= 11 is 0. The molecule has 330 valence electrons. The SMILES string of the molecule is CCCC[C@H](NC(C)=O)C(=O)NCC(=O)NCC(=O)NC(Cc1ccccc1)C(=O)N[C@@H](CCCN=C(N)N)C(=O)NC(C)C(=O)N[C@@H](Cc1c[nH]c2ccccc12)C(N)=O. The lowest BCUT2D eigenvalue weighted by atomic mass is 10.0. The van der Waals surface area contributed by atoms with Crippen LogP contribution in [0, 0.1) is 0 Å². The fraction of sp³-hybridized carbons (Fsp3) is 0.439. The van der Waals surface area contributed by atoms with E-state index in [9.17, 15) is 38.4 Å². The Balaban J connectivity index is 1.68. The molecular weight excluding hydrogens is 789 g/mol. The second kappa shape index (κ2) is 24.8. The minimum atomic E-state index is -1.24. The van der Waals surface area contributed by atoms with Gasteiger partial charge in [0.25, 0.3) is 0 Å². The third-order valence-corrected chi connectivity index (χ3v) is 9.43. The number of nitrogens with zero attached hydrogens (tertiary/aromatic N) is 1. The van der Waals surface area contributed by atoms with Gasteiger partial charge in [-0.15, -0.1) is 0 Å². The van der Waals surface area contributed by atoms with E-state index in [0.29, 0.717) is 18.4 Å². The van der Waals surface area contributed by atoms with Gasteiger partial charge < -0.3 is 59.4 Å². The van der Waals surface area contributed by atoms with Crippen LogP contribution in [0.25, 0.3) is 10.9 Å². The Labute approximate surface area is 353 Å². The van der Waals surface area contributed by atoms with E-state index < -0.39 is 90.6 Å². The number of unbranched alkanes of at least 4 members (excludes halogenated alkanes) is 1. The molecule has 1 aromatic heterocycles. The summed E-state index contributed by atoms with van der Waals surface area (Å²) in [5, 5.41) is 18.7. The Morgan fingerprint density at radius 3 is 1.95 bits per heavy atom. The normalized spacial score (nSPS) is 13.2. The lowest BCUT2D eigenvalue weighted by molar-refractivity contribution is -0.134. The van der Waals surface area contributed by atoms with Crippen molar-refractivity contribution >= 4 is 64.1 Å².